The molecule has 0 spiro atoms. The molecule has 3 rings (SSSR count). The number of guanidine groups is 1. The van der Waals surface area contributed by atoms with Crippen molar-refractivity contribution in [3.05, 3.63) is 11.6 Å². The zero-order chi connectivity index (χ0) is 20.3. The van der Waals surface area contributed by atoms with Gasteiger partial charge in [-0.2, -0.15) is 0 Å². The number of carbonyl (C=O) groups excluding carboxylic acids is 1. The fourth-order valence-corrected chi connectivity index (χ4v) is 4.25. The second-order valence-corrected chi connectivity index (χ2v) is 8.23. The van der Waals surface area contributed by atoms with Crippen LogP contribution in [0.1, 0.15) is 45.4 Å². The van der Waals surface area contributed by atoms with E-state index in [1.165, 1.54) is 18.4 Å². The number of likely N-dealkylation sites (tertiary alicyclic amines) is 1. The van der Waals surface area contributed by atoms with Gasteiger partial charge in [0.25, 0.3) is 0 Å². The van der Waals surface area contributed by atoms with Gasteiger partial charge in [-0.25, -0.2) is 0 Å². The predicted molar refractivity (Wildman–Crippen MR) is 117 cm³/mol. The molecule has 7 nitrogen and oxygen atoms in total. The van der Waals surface area contributed by atoms with Crippen molar-refractivity contribution in [2.75, 3.05) is 72.1 Å². The molecule has 0 aromatic rings. The number of aliphatic imine (C=N–C) groups is 1. The summed E-state index contributed by atoms with van der Waals surface area (Å²) in [7, 11) is 0. The molecule has 7 heteroatoms. The van der Waals surface area contributed by atoms with Gasteiger partial charge in [0.1, 0.15) is 0 Å². The maximum Gasteiger partial charge on any atom is 0.236 e. The van der Waals surface area contributed by atoms with E-state index >= 15 is 0 Å². The van der Waals surface area contributed by atoms with E-state index in [2.05, 4.69) is 33.0 Å². The summed E-state index contributed by atoms with van der Waals surface area (Å²) in [6, 6.07) is 0. The van der Waals surface area contributed by atoms with Gasteiger partial charge in [-0.05, 0) is 32.6 Å². The molecule has 0 aliphatic carbocycles. The Balaban J connectivity index is 1.43. The third-order valence-corrected chi connectivity index (χ3v) is 6.08. The van der Waals surface area contributed by atoms with E-state index in [1.54, 1.807) is 0 Å². The molecule has 0 radical (unpaired) electrons. The average molecular weight is 406 g/mol. The highest BCUT2D eigenvalue weighted by molar-refractivity contribution is 5.80. The number of rotatable bonds is 6. The quantitative estimate of drug-likeness (QED) is 0.414. The molecule has 0 saturated carbocycles. The van der Waals surface area contributed by atoms with E-state index in [4.69, 9.17) is 9.73 Å². The Hall–Kier alpha value is -1.60. The van der Waals surface area contributed by atoms with Gasteiger partial charge in [0.05, 0.1) is 19.8 Å². The van der Waals surface area contributed by atoms with Gasteiger partial charge < -0.3 is 19.9 Å². The molecule has 0 aromatic carbocycles. The lowest BCUT2D eigenvalue weighted by atomic mass is 10.1. The lowest BCUT2D eigenvalue weighted by Crippen LogP contribution is -2.54. The third-order valence-electron chi connectivity index (χ3n) is 6.08. The van der Waals surface area contributed by atoms with Gasteiger partial charge in [0.2, 0.25) is 5.91 Å². The average Bonchev–Trinajstić information content (AvgIpc) is 3.04. The highest BCUT2D eigenvalue weighted by atomic mass is 16.5. The lowest BCUT2D eigenvalue weighted by molar-refractivity contribution is -0.132. The summed E-state index contributed by atoms with van der Waals surface area (Å²) in [4.78, 5) is 24.2. The monoisotopic (exact) mass is 405 g/mol. The van der Waals surface area contributed by atoms with E-state index in [9.17, 15) is 4.79 Å². The van der Waals surface area contributed by atoms with Gasteiger partial charge in [-0.1, -0.05) is 24.5 Å². The minimum absolute atomic E-state index is 0.311. The fraction of sp³-hybridized carbons (Fsp3) is 0.818. The van der Waals surface area contributed by atoms with Crippen LogP contribution in [-0.4, -0.2) is 98.7 Å². The second-order valence-electron chi connectivity index (χ2n) is 8.23. The van der Waals surface area contributed by atoms with E-state index < -0.39 is 0 Å². The molecule has 3 aliphatic heterocycles. The van der Waals surface area contributed by atoms with Gasteiger partial charge >= 0.3 is 0 Å². The summed E-state index contributed by atoms with van der Waals surface area (Å²) in [5.74, 6) is 1.32. The Morgan fingerprint density at radius 1 is 1.07 bits per heavy atom. The highest BCUT2D eigenvalue weighted by Crippen LogP contribution is 2.13. The van der Waals surface area contributed by atoms with Gasteiger partial charge in [0.15, 0.2) is 5.96 Å². The molecule has 0 bridgehead atoms. The Morgan fingerprint density at radius 2 is 1.83 bits per heavy atom. The molecule has 0 aromatic heterocycles. The summed E-state index contributed by atoms with van der Waals surface area (Å²) in [5, 5.41) is 3.44. The minimum Gasteiger partial charge on any atom is -0.377 e. The zero-order valence-corrected chi connectivity index (χ0v) is 18.2. The van der Waals surface area contributed by atoms with Crippen LogP contribution in [0.15, 0.2) is 16.6 Å². The summed E-state index contributed by atoms with van der Waals surface area (Å²) in [6.07, 6.45) is 9.10. The molecule has 0 unspecified atom stereocenters. The molecular formula is C22H39N5O2. The van der Waals surface area contributed by atoms with Gasteiger partial charge in [-0.3, -0.25) is 14.7 Å². The normalized spacial score (nSPS) is 22.2. The summed E-state index contributed by atoms with van der Waals surface area (Å²) in [5.41, 5.74) is 1.47. The number of piperazine rings is 1. The summed E-state index contributed by atoms with van der Waals surface area (Å²) in [6.45, 7) is 11.6. The maximum absolute atomic E-state index is 12.6. The number of nitrogens with zero attached hydrogens (tertiary/aromatic N) is 4. The number of hydrogen-bond donors (Lipinski definition) is 1. The van der Waals surface area contributed by atoms with E-state index in [-0.39, 0.29) is 0 Å². The van der Waals surface area contributed by atoms with Crippen LogP contribution in [0.25, 0.3) is 0 Å². The van der Waals surface area contributed by atoms with Gasteiger partial charge in [-0.15, -0.1) is 0 Å². The summed E-state index contributed by atoms with van der Waals surface area (Å²) < 4.78 is 5.38. The first kappa shape index (κ1) is 22.1. The first-order chi connectivity index (χ1) is 14.3. The van der Waals surface area contributed by atoms with Crippen LogP contribution in [0, 0.1) is 0 Å². The first-order valence-electron chi connectivity index (χ1n) is 11.6. The SMILES string of the molecule is CCNC(=NCCC1=CCOCC1)N1CCN(CC(=O)N2CCCCCC2)CC1. The van der Waals surface area contributed by atoms with Crippen LogP contribution in [0.2, 0.25) is 0 Å². The van der Waals surface area contributed by atoms with Crippen molar-refractivity contribution in [2.45, 2.75) is 45.4 Å². The van der Waals surface area contributed by atoms with Crippen LogP contribution in [0.3, 0.4) is 0 Å². The molecular weight excluding hydrogens is 366 g/mol. The van der Waals surface area contributed by atoms with E-state index in [0.29, 0.717) is 12.5 Å². The van der Waals surface area contributed by atoms with Crippen LogP contribution in [0.4, 0.5) is 0 Å². The lowest BCUT2D eigenvalue weighted by Gasteiger charge is -2.37. The maximum atomic E-state index is 12.6. The highest BCUT2D eigenvalue weighted by Gasteiger charge is 2.23. The largest absolute Gasteiger partial charge is 0.377 e. The van der Waals surface area contributed by atoms with Crippen molar-refractivity contribution >= 4 is 11.9 Å². The van der Waals surface area contributed by atoms with Crippen LogP contribution in [0.5, 0.6) is 0 Å². The van der Waals surface area contributed by atoms with Crippen LogP contribution in [-0.2, 0) is 9.53 Å². The van der Waals surface area contributed by atoms with Crippen molar-refractivity contribution in [2.24, 2.45) is 4.99 Å². The van der Waals surface area contributed by atoms with Gasteiger partial charge in [0, 0.05) is 52.4 Å². The number of nitrogens with one attached hydrogen (secondary N) is 1. The van der Waals surface area contributed by atoms with E-state index in [0.717, 1.165) is 97.2 Å². The Kier molecular flexibility index (Phi) is 9.28. The summed E-state index contributed by atoms with van der Waals surface area (Å²) >= 11 is 0. The van der Waals surface area contributed by atoms with Crippen LogP contribution < -0.4 is 5.32 Å². The standard InChI is InChI=1S/C22H39N5O2/c1-2-23-22(24-10-7-20-8-17-29-18-9-20)27-15-13-25(14-16-27)19-21(28)26-11-5-3-4-6-12-26/h8H,2-7,9-19H2,1H3,(H,23,24). The van der Waals surface area contributed by atoms with Crippen molar-refractivity contribution in [3.8, 4) is 0 Å². The Bertz CT molecular complexity index is 562. The molecule has 2 fully saturated rings. The molecule has 1 N–H and O–H groups in total. The molecule has 29 heavy (non-hydrogen) atoms. The Morgan fingerprint density at radius 3 is 2.48 bits per heavy atom. The third kappa shape index (κ3) is 7.30. The zero-order valence-electron chi connectivity index (χ0n) is 18.2. The number of ether oxygens (including phenoxy) is 1. The molecule has 164 valence electrons. The molecule has 1 amide bonds. The fourth-order valence-electron chi connectivity index (χ4n) is 4.25. The van der Waals surface area contributed by atoms with Crippen molar-refractivity contribution < 1.29 is 9.53 Å². The van der Waals surface area contributed by atoms with Crippen molar-refractivity contribution in [1.29, 1.82) is 0 Å². The minimum atomic E-state index is 0.311. The molecule has 2 saturated heterocycles. The number of carbonyl (C=O) groups is 1. The van der Waals surface area contributed by atoms with Crippen molar-refractivity contribution in [1.82, 2.24) is 20.0 Å². The first-order valence-corrected chi connectivity index (χ1v) is 11.6. The number of amides is 1. The second kappa shape index (κ2) is 12.2. The molecule has 0 atom stereocenters. The number of hydrogen-bond acceptors (Lipinski definition) is 4. The van der Waals surface area contributed by atoms with E-state index in [1.807, 2.05) is 0 Å². The molecule has 3 aliphatic rings. The van der Waals surface area contributed by atoms with Crippen LogP contribution >= 0.6 is 0 Å². The van der Waals surface area contributed by atoms with Crippen molar-refractivity contribution in [3.63, 3.8) is 0 Å². The predicted octanol–water partition coefficient (Wildman–Crippen LogP) is 1.71. The molecule has 3 heterocycles. The Labute approximate surface area is 176 Å². The smallest absolute Gasteiger partial charge is 0.236 e. The topological polar surface area (TPSA) is 60.4 Å².